The zero-order valence-corrected chi connectivity index (χ0v) is 19.2. The predicted molar refractivity (Wildman–Crippen MR) is 113 cm³/mol. The van der Waals surface area contributed by atoms with Crippen molar-refractivity contribution in [1.29, 1.82) is 0 Å². The van der Waals surface area contributed by atoms with E-state index in [2.05, 4.69) is 25.0 Å². The molecule has 1 unspecified atom stereocenters. The second-order valence-corrected chi connectivity index (χ2v) is 10.9. The summed E-state index contributed by atoms with van der Waals surface area (Å²) in [5.41, 5.74) is 0.991. The monoisotopic (exact) mass is 440 g/mol. The number of esters is 1. The molecule has 0 aliphatic carbocycles. The molecule has 0 fully saturated rings. The van der Waals surface area contributed by atoms with Gasteiger partial charge in [-0.2, -0.15) is 13.6 Å². The Morgan fingerprint density at radius 1 is 1.14 bits per heavy atom. The van der Waals surface area contributed by atoms with Crippen molar-refractivity contribution in [3.05, 3.63) is 45.9 Å². The Labute approximate surface area is 176 Å². The summed E-state index contributed by atoms with van der Waals surface area (Å²) in [6.45, 7) is 11.7. The molecule has 2 aromatic rings. The third-order valence-electron chi connectivity index (χ3n) is 3.86. The highest BCUT2D eigenvalue weighted by molar-refractivity contribution is 7.84. The van der Waals surface area contributed by atoms with E-state index >= 15 is 0 Å². The third kappa shape index (κ3) is 7.41. The van der Waals surface area contributed by atoms with Crippen LogP contribution in [-0.4, -0.2) is 25.0 Å². The molecule has 0 aliphatic rings. The fourth-order valence-electron chi connectivity index (χ4n) is 2.49. The van der Waals surface area contributed by atoms with Gasteiger partial charge >= 0.3 is 16.3 Å². The van der Waals surface area contributed by atoms with Gasteiger partial charge in [0.2, 0.25) is 0 Å². The van der Waals surface area contributed by atoms with Crippen LogP contribution >= 0.6 is 11.3 Å². The lowest BCUT2D eigenvalue weighted by Crippen LogP contribution is -2.29. The van der Waals surface area contributed by atoms with Crippen LogP contribution in [0.25, 0.3) is 0 Å². The number of nitrogens with zero attached hydrogens (tertiary/aromatic N) is 1. The second-order valence-electron chi connectivity index (χ2n) is 8.83. The van der Waals surface area contributed by atoms with Crippen molar-refractivity contribution in [1.82, 2.24) is 4.98 Å². The van der Waals surface area contributed by atoms with Crippen LogP contribution in [-0.2, 0) is 31.7 Å². The van der Waals surface area contributed by atoms with Crippen LogP contribution in [0.5, 0.6) is 5.75 Å². The molecule has 0 aliphatic heterocycles. The summed E-state index contributed by atoms with van der Waals surface area (Å²) in [7, 11) is -4.08. The number of carbonyl (C=O) groups excluding carboxylic acids is 1. The van der Waals surface area contributed by atoms with E-state index in [1.165, 1.54) is 23.5 Å². The molecule has 1 aromatic carbocycles. The molecule has 0 bridgehead atoms. The number of hydrogen-bond acceptors (Lipinski definition) is 7. The lowest BCUT2D eigenvalue weighted by atomic mass is 9.93. The number of carbonyl (C=O) groups is 1. The Balaban J connectivity index is 2.30. The summed E-state index contributed by atoms with van der Waals surface area (Å²) in [6, 6.07) is 6.37. The molecule has 0 radical (unpaired) electrons. The molecule has 2 N–H and O–H groups in total. The predicted octanol–water partition coefficient (Wildman–Crippen LogP) is 3.69. The summed E-state index contributed by atoms with van der Waals surface area (Å²) in [4.78, 5) is 17.6. The molecule has 1 aromatic heterocycles. The quantitative estimate of drug-likeness (QED) is 0.686. The average molecular weight is 441 g/mol. The van der Waals surface area contributed by atoms with Gasteiger partial charge in [0, 0.05) is 10.8 Å². The van der Waals surface area contributed by atoms with Gasteiger partial charge in [-0.25, -0.2) is 4.98 Å². The van der Waals surface area contributed by atoms with Gasteiger partial charge in [-0.3, -0.25) is 4.79 Å². The number of hydrogen-bond donors (Lipinski definition) is 1. The standard InChI is InChI=1S/C20H28N2O5S2/c1-19(2,3)16-12-28-17(22-16)15(18(23)26-20(4,5)6)11-13-7-9-14(10-8-13)27-29(21,24)25/h7-10,12,15H,11H2,1-6H3,(H2,21,24,25). The first-order valence-corrected chi connectivity index (χ1v) is 11.5. The largest absolute Gasteiger partial charge is 0.459 e. The van der Waals surface area contributed by atoms with Crippen molar-refractivity contribution in [2.45, 2.75) is 64.9 Å². The van der Waals surface area contributed by atoms with E-state index < -0.39 is 21.8 Å². The lowest BCUT2D eigenvalue weighted by molar-refractivity contribution is -0.156. The van der Waals surface area contributed by atoms with Gasteiger partial charge in [0.05, 0.1) is 5.69 Å². The van der Waals surface area contributed by atoms with Crippen LogP contribution in [0, 0.1) is 0 Å². The Kier molecular flexibility index (Phi) is 6.76. The van der Waals surface area contributed by atoms with Crippen molar-refractivity contribution >= 4 is 27.6 Å². The number of rotatable bonds is 6. The molecular weight excluding hydrogens is 412 g/mol. The van der Waals surface area contributed by atoms with Gasteiger partial charge in [-0.15, -0.1) is 11.3 Å². The Morgan fingerprint density at radius 3 is 2.17 bits per heavy atom. The molecule has 29 heavy (non-hydrogen) atoms. The molecular formula is C20H28N2O5S2. The van der Waals surface area contributed by atoms with Crippen molar-refractivity contribution in [2.75, 3.05) is 0 Å². The Morgan fingerprint density at radius 2 is 1.72 bits per heavy atom. The summed E-state index contributed by atoms with van der Waals surface area (Å²) >= 11 is 1.44. The Bertz CT molecular complexity index is 952. The van der Waals surface area contributed by atoms with Crippen LogP contribution in [0.1, 0.15) is 63.7 Å². The van der Waals surface area contributed by atoms with Gasteiger partial charge < -0.3 is 8.92 Å². The molecule has 0 saturated heterocycles. The van der Waals surface area contributed by atoms with Gasteiger partial charge in [0.1, 0.15) is 22.3 Å². The van der Waals surface area contributed by atoms with Crippen LogP contribution in [0.15, 0.2) is 29.6 Å². The third-order valence-corrected chi connectivity index (χ3v) is 5.24. The summed E-state index contributed by atoms with van der Waals surface area (Å²) < 4.78 is 32.3. The van der Waals surface area contributed by atoms with Crippen molar-refractivity contribution in [3.63, 3.8) is 0 Å². The van der Waals surface area contributed by atoms with E-state index in [0.29, 0.717) is 11.4 Å². The van der Waals surface area contributed by atoms with Crippen molar-refractivity contribution < 1.29 is 22.1 Å². The van der Waals surface area contributed by atoms with Crippen molar-refractivity contribution in [2.24, 2.45) is 5.14 Å². The van der Waals surface area contributed by atoms with Gasteiger partial charge in [0.25, 0.3) is 0 Å². The first kappa shape index (κ1) is 23.3. The number of benzene rings is 1. The highest BCUT2D eigenvalue weighted by Crippen LogP contribution is 2.31. The highest BCUT2D eigenvalue weighted by atomic mass is 32.2. The number of aromatic nitrogens is 1. The molecule has 1 heterocycles. The number of ether oxygens (including phenoxy) is 1. The molecule has 160 valence electrons. The van der Waals surface area contributed by atoms with Crippen LogP contribution in [0.4, 0.5) is 0 Å². The maximum Gasteiger partial charge on any atom is 0.380 e. The fourth-order valence-corrected chi connectivity index (χ4v) is 4.00. The van der Waals surface area contributed by atoms with Gasteiger partial charge in [0.15, 0.2) is 0 Å². The second kappa shape index (κ2) is 8.41. The highest BCUT2D eigenvalue weighted by Gasteiger charge is 2.30. The first-order valence-electron chi connectivity index (χ1n) is 9.14. The Hall–Kier alpha value is -1.97. The SMILES string of the molecule is CC(C)(C)OC(=O)C(Cc1ccc(OS(N)(=O)=O)cc1)c1nc(C(C)(C)C)cs1. The van der Waals surface area contributed by atoms with E-state index in [9.17, 15) is 13.2 Å². The first-order chi connectivity index (χ1) is 13.1. The molecule has 0 spiro atoms. The van der Waals surface area contributed by atoms with Crippen LogP contribution in [0.3, 0.4) is 0 Å². The molecule has 1 atom stereocenters. The molecule has 0 saturated carbocycles. The van der Waals surface area contributed by atoms with Crippen LogP contribution in [0.2, 0.25) is 0 Å². The summed E-state index contributed by atoms with van der Waals surface area (Å²) in [5.74, 6) is -0.813. The topological polar surface area (TPSA) is 109 Å². The number of nitrogens with two attached hydrogens (primary N) is 1. The van der Waals surface area contributed by atoms with Gasteiger partial charge in [-0.1, -0.05) is 32.9 Å². The zero-order chi connectivity index (χ0) is 22.0. The molecule has 9 heteroatoms. The van der Waals surface area contributed by atoms with E-state index in [-0.39, 0.29) is 17.1 Å². The minimum absolute atomic E-state index is 0.106. The summed E-state index contributed by atoms with van der Waals surface area (Å²) in [6.07, 6.45) is 0.363. The molecule has 7 nitrogen and oxygen atoms in total. The molecule has 2 rings (SSSR count). The minimum Gasteiger partial charge on any atom is -0.459 e. The maximum atomic E-state index is 12.9. The lowest BCUT2D eigenvalue weighted by Gasteiger charge is -2.23. The van der Waals surface area contributed by atoms with E-state index in [1.54, 1.807) is 12.1 Å². The average Bonchev–Trinajstić information content (AvgIpc) is 3.00. The smallest absolute Gasteiger partial charge is 0.380 e. The molecule has 0 amide bonds. The number of thiazole rings is 1. The zero-order valence-electron chi connectivity index (χ0n) is 17.6. The summed E-state index contributed by atoms with van der Waals surface area (Å²) in [5, 5.41) is 7.54. The minimum atomic E-state index is -4.08. The fraction of sp³-hybridized carbons (Fsp3) is 0.500. The van der Waals surface area contributed by atoms with Crippen LogP contribution < -0.4 is 9.32 Å². The van der Waals surface area contributed by atoms with Crippen molar-refractivity contribution in [3.8, 4) is 5.75 Å². The van der Waals surface area contributed by atoms with E-state index in [1.807, 2.05) is 26.2 Å². The van der Waals surface area contributed by atoms with Gasteiger partial charge in [-0.05, 0) is 44.9 Å². The van der Waals surface area contributed by atoms with E-state index in [4.69, 9.17) is 14.9 Å². The normalized spacial score (nSPS) is 13.8. The maximum absolute atomic E-state index is 12.9. The van der Waals surface area contributed by atoms with E-state index in [0.717, 1.165) is 11.3 Å².